The van der Waals surface area contributed by atoms with Crippen LogP contribution in [0.1, 0.15) is 30.9 Å². The average Bonchev–Trinajstić information content (AvgIpc) is 2.76. The van der Waals surface area contributed by atoms with Gasteiger partial charge in [-0.3, -0.25) is 4.79 Å². The van der Waals surface area contributed by atoms with Crippen molar-refractivity contribution < 1.29 is 14.3 Å². The smallest absolute Gasteiger partial charge is 0.325 e. The van der Waals surface area contributed by atoms with Gasteiger partial charge in [0.25, 0.3) is 0 Å². The highest BCUT2D eigenvalue weighted by Gasteiger charge is 2.32. The van der Waals surface area contributed by atoms with Gasteiger partial charge in [-0.2, -0.15) is 0 Å². The molecule has 2 aromatic carbocycles. The number of rotatable bonds is 6. The van der Waals surface area contributed by atoms with Gasteiger partial charge in [0.15, 0.2) is 0 Å². The molecule has 1 fully saturated rings. The topological polar surface area (TPSA) is 61.5 Å². The van der Waals surface area contributed by atoms with E-state index >= 15 is 0 Å². The molecular weight excluding hydrogens is 350 g/mol. The lowest BCUT2D eigenvalue weighted by Crippen LogP contribution is -2.38. The zero-order valence-electron chi connectivity index (χ0n) is 16.6. The molecule has 0 radical (unpaired) electrons. The van der Waals surface area contributed by atoms with Gasteiger partial charge in [-0.1, -0.05) is 60.7 Å². The number of cyclic esters (lactones) is 1. The lowest BCUT2D eigenvalue weighted by Gasteiger charge is -2.31. The van der Waals surface area contributed by atoms with Gasteiger partial charge >= 0.3 is 5.97 Å². The zero-order chi connectivity index (χ0) is 19.8. The molecule has 0 unspecified atom stereocenters. The summed E-state index contributed by atoms with van der Waals surface area (Å²) in [4.78, 5) is 12.2. The molecule has 0 spiro atoms. The van der Waals surface area contributed by atoms with Crippen molar-refractivity contribution in [1.82, 2.24) is 0 Å². The number of ether oxygens (including phenoxy) is 2. The molecule has 1 aliphatic heterocycles. The Hall–Kier alpha value is -2.17. The first-order valence-electron chi connectivity index (χ1n) is 10.2. The van der Waals surface area contributed by atoms with Gasteiger partial charge in [0, 0.05) is 12.5 Å². The van der Waals surface area contributed by atoms with Crippen molar-refractivity contribution in [2.45, 2.75) is 44.8 Å². The fourth-order valence-corrected chi connectivity index (χ4v) is 4.02. The van der Waals surface area contributed by atoms with Gasteiger partial charge in [0.05, 0.1) is 6.61 Å². The summed E-state index contributed by atoms with van der Waals surface area (Å²) >= 11 is 0. The predicted octanol–water partition coefficient (Wildman–Crippen LogP) is 3.77. The minimum atomic E-state index is -0.704. The quantitative estimate of drug-likeness (QED) is 0.774. The van der Waals surface area contributed by atoms with Gasteiger partial charge in [0.1, 0.15) is 12.1 Å². The molecule has 0 bridgehead atoms. The zero-order valence-corrected chi connectivity index (χ0v) is 16.6. The molecule has 28 heavy (non-hydrogen) atoms. The monoisotopic (exact) mass is 381 g/mol. The molecule has 0 aromatic heterocycles. The van der Waals surface area contributed by atoms with E-state index in [1.807, 2.05) is 19.1 Å². The van der Waals surface area contributed by atoms with Crippen molar-refractivity contribution in [2.24, 2.45) is 17.6 Å². The van der Waals surface area contributed by atoms with Crippen molar-refractivity contribution >= 4 is 5.97 Å². The Balaban J connectivity index is 1.72. The molecule has 2 N–H and O–H groups in total. The molecule has 1 heterocycles. The summed E-state index contributed by atoms with van der Waals surface area (Å²) in [5.74, 6) is 0.191. The van der Waals surface area contributed by atoms with Gasteiger partial charge in [-0.25, -0.2) is 0 Å². The Morgan fingerprint density at radius 1 is 0.893 bits per heavy atom. The highest BCUT2D eigenvalue weighted by Crippen LogP contribution is 2.29. The number of carbonyl (C=O) groups excluding carboxylic acids is 1. The van der Waals surface area contributed by atoms with Gasteiger partial charge in [-0.15, -0.1) is 0 Å². The Kier molecular flexibility index (Phi) is 7.63. The Bertz CT molecular complexity index is 719. The summed E-state index contributed by atoms with van der Waals surface area (Å²) < 4.78 is 11.6. The number of benzene rings is 2. The number of aryl methyl sites for hydroxylation is 2. The number of hydrogen-bond donors (Lipinski definition) is 1. The lowest BCUT2D eigenvalue weighted by molar-refractivity contribution is -0.153. The predicted molar refractivity (Wildman–Crippen MR) is 111 cm³/mol. The van der Waals surface area contributed by atoms with Gasteiger partial charge in [0.2, 0.25) is 0 Å². The third-order valence-electron chi connectivity index (χ3n) is 5.70. The van der Waals surface area contributed by atoms with Gasteiger partial charge in [-0.05, 0) is 49.7 Å². The molecule has 2 aromatic rings. The highest BCUT2D eigenvalue weighted by atomic mass is 16.5. The van der Waals surface area contributed by atoms with Crippen molar-refractivity contribution in [2.75, 3.05) is 13.2 Å². The van der Waals surface area contributed by atoms with E-state index in [1.54, 1.807) is 0 Å². The highest BCUT2D eigenvalue weighted by molar-refractivity contribution is 5.75. The summed E-state index contributed by atoms with van der Waals surface area (Å²) in [6.07, 6.45) is 3.73. The summed E-state index contributed by atoms with van der Waals surface area (Å²) in [6.45, 7) is 2.83. The summed E-state index contributed by atoms with van der Waals surface area (Å²) in [6, 6.07) is 20.3. The second kappa shape index (κ2) is 10.4. The fraction of sp³-hybridized carbons (Fsp3) is 0.458. The van der Waals surface area contributed by atoms with E-state index in [-0.39, 0.29) is 24.6 Å². The largest absolute Gasteiger partial charge is 0.461 e. The van der Waals surface area contributed by atoms with Gasteiger partial charge < -0.3 is 15.2 Å². The van der Waals surface area contributed by atoms with E-state index in [9.17, 15) is 4.79 Å². The minimum absolute atomic E-state index is 0.176. The van der Waals surface area contributed by atoms with Crippen molar-refractivity contribution in [3.63, 3.8) is 0 Å². The van der Waals surface area contributed by atoms with Crippen molar-refractivity contribution in [3.05, 3.63) is 71.8 Å². The third-order valence-corrected chi connectivity index (χ3v) is 5.70. The minimum Gasteiger partial charge on any atom is -0.461 e. The second-order valence-electron chi connectivity index (χ2n) is 7.76. The fourth-order valence-electron chi connectivity index (χ4n) is 4.02. The molecular formula is C24H31NO3. The maximum Gasteiger partial charge on any atom is 0.325 e. The van der Waals surface area contributed by atoms with E-state index in [4.69, 9.17) is 15.2 Å². The second-order valence-corrected chi connectivity index (χ2v) is 7.76. The summed E-state index contributed by atoms with van der Waals surface area (Å²) in [5, 5.41) is 0. The maximum atomic E-state index is 12.2. The normalized spacial score (nSPS) is 26.0. The van der Waals surface area contributed by atoms with Crippen LogP contribution in [0, 0.1) is 11.8 Å². The number of hydrogen-bond acceptors (Lipinski definition) is 4. The number of esters is 1. The SMILES string of the molecule is C[C@@H]1OC(=O)[C@@H](N)COC[C@H](CCc2ccccc2)[C@H]1CCc1ccccc1. The van der Waals surface area contributed by atoms with E-state index in [0.717, 1.165) is 25.7 Å². The Morgan fingerprint density at radius 2 is 1.46 bits per heavy atom. The van der Waals surface area contributed by atoms with Crippen molar-refractivity contribution in [1.29, 1.82) is 0 Å². The van der Waals surface area contributed by atoms with Crippen LogP contribution in [0.4, 0.5) is 0 Å². The number of carbonyl (C=O) groups is 1. The molecule has 3 rings (SSSR count). The molecule has 0 amide bonds. The van der Waals surface area contributed by atoms with Crippen LogP contribution < -0.4 is 5.73 Å². The summed E-state index contributed by atoms with van der Waals surface area (Å²) in [5.41, 5.74) is 8.53. The Morgan fingerprint density at radius 3 is 2.07 bits per heavy atom. The van der Waals surface area contributed by atoms with Crippen LogP contribution in [0.25, 0.3) is 0 Å². The molecule has 1 aliphatic rings. The lowest BCUT2D eigenvalue weighted by atomic mass is 9.80. The molecule has 4 nitrogen and oxygen atoms in total. The first-order chi connectivity index (χ1) is 13.6. The van der Waals surface area contributed by atoms with E-state index in [0.29, 0.717) is 12.5 Å². The van der Waals surface area contributed by atoms with Crippen LogP contribution in [-0.4, -0.2) is 31.3 Å². The van der Waals surface area contributed by atoms with Crippen molar-refractivity contribution in [3.8, 4) is 0 Å². The van der Waals surface area contributed by atoms with Crippen LogP contribution in [-0.2, 0) is 27.1 Å². The molecule has 150 valence electrons. The first kappa shape index (κ1) is 20.6. The molecule has 0 saturated carbocycles. The van der Waals surface area contributed by atoms with Crippen LogP contribution in [0.15, 0.2) is 60.7 Å². The molecule has 4 heteroatoms. The molecule has 0 aliphatic carbocycles. The molecule has 4 atom stereocenters. The third kappa shape index (κ3) is 5.91. The van der Waals surface area contributed by atoms with Crippen LogP contribution in [0.5, 0.6) is 0 Å². The van der Waals surface area contributed by atoms with E-state index in [2.05, 4.69) is 48.5 Å². The molecule has 1 saturated heterocycles. The maximum absolute atomic E-state index is 12.2. The van der Waals surface area contributed by atoms with E-state index in [1.165, 1.54) is 11.1 Å². The standard InChI is InChI=1S/C24H31NO3/c1-18-22(15-13-20-10-6-3-7-11-20)21(14-12-19-8-4-2-5-9-19)16-27-17-23(25)24(26)28-18/h2-11,18,21-23H,12-17,25H2,1H3/t18-,21-,22-,23-/m0/s1. The Labute approximate surface area is 168 Å². The van der Waals surface area contributed by atoms with Crippen LogP contribution in [0.2, 0.25) is 0 Å². The number of nitrogens with two attached hydrogens (primary N) is 1. The van der Waals surface area contributed by atoms with Crippen LogP contribution in [0.3, 0.4) is 0 Å². The summed E-state index contributed by atoms with van der Waals surface area (Å²) in [7, 11) is 0. The van der Waals surface area contributed by atoms with E-state index < -0.39 is 6.04 Å². The first-order valence-corrected chi connectivity index (χ1v) is 10.2. The van der Waals surface area contributed by atoms with Crippen LogP contribution >= 0.6 is 0 Å². The average molecular weight is 382 g/mol.